The molecule has 0 aliphatic rings. The summed E-state index contributed by atoms with van der Waals surface area (Å²) < 4.78 is 66.7. The number of pyridine rings is 1. The van der Waals surface area contributed by atoms with Crippen molar-refractivity contribution in [2.75, 3.05) is 12.4 Å². The molecule has 1 heterocycles. The molecule has 0 spiro atoms. The monoisotopic (exact) mass is 425 g/mol. The Morgan fingerprint density at radius 3 is 2.40 bits per heavy atom. The number of halogens is 5. The van der Waals surface area contributed by atoms with Crippen LogP contribution in [0.25, 0.3) is 10.8 Å². The molecule has 2 amide bonds. The third-order valence-electron chi connectivity index (χ3n) is 4.83. The van der Waals surface area contributed by atoms with E-state index in [-0.39, 0.29) is 11.1 Å². The van der Waals surface area contributed by atoms with E-state index in [0.29, 0.717) is 5.56 Å². The van der Waals surface area contributed by atoms with Gasteiger partial charge in [-0.25, -0.2) is 26.7 Å². The number of alkyl halides is 2. The lowest BCUT2D eigenvalue weighted by molar-refractivity contribution is 0.146. The first-order valence-electron chi connectivity index (χ1n) is 8.72. The standard InChI is InChI=1S/C20H16F5N3O2/c1-9(13-8-26-19(29)16-11(13)4-6-15(22)17(16)23)28(2)20(30)27-10-3-5-14(21)12(7-10)18(24)25/h3-9,18H,1-2H3,(H,26,29)(H,27,30)/t9-/m0/s1. The van der Waals surface area contributed by atoms with Crippen LogP contribution in [0, 0.1) is 17.5 Å². The molecule has 0 fully saturated rings. The third kappa shape index (κ3) is 3.85. The fourth-order valence-electron chi connectivity index (χ4n) is 3.04. The summed E-state index contributed by atoms with van der Waals surface area (Å²) >= 11 is 0. The van der Waals surface area contributed by atoms with Crippen LogP contribution in [0.15, 0.2) is 41.3 Å². The first kappa shape index (κ1) is 21.3. The van der Waals surface area contributed by atoms with Crippen LogP contribution >= 0.6 is 0 Å². The number of carbonyl (C=O) groups excluding carboxylic acids is 1. The van der Waals surface area contributed by atoms with Crippen molar-refractivity contribution in [1.29, 1.82) is 0 Å². The fraction of sp³-hybridized carbons (Fsp3) is 0.200. The van der Waals surface area contributed by atoms with Gasteiger partial charge in [0.25, 0.3) is 12.0 Å². The van der Waals surface area contributed by atoms with E-state index in [9.17, 15) is 31.5 Å². The number of hydrogen-bond donors (Lipinski definition) is 2. The molecular formula is C20H16F5N3O2. The average molecular weight is 425 g/mol. The summed E-state index contributed by atoms with van der Waals surface area (Å²) in [4.78, 5) is 28.0. The number of anilines is 1. The minimum absolute atomic E-state index is 0.0461. The molecule has 3 rings (SSSR count). The lowest BCUT2D eigenvalue weighted by Gasteiger charge is -2.26. The quantitative estimate of drug-likeness (QED) is 0.571. The number of H-pyrrole nitrogens is 1. The molecule has 1 aromatic heterocycles. The molecule has 0 unspecified atom stereocenters. The number of hydrogen-bond acceptors (Lipinski definition) is 2. The van der Waals surface area contributed by atoms with E-state index in [0.717, 1.165) is 24.3 Å². The van der Waals surface area contributed by atoms with Crippen LogP contribution in [0.1, 0.15) is 30.5 Å². The van der Waals surface area contributed by atoms with Crippen molar-refractivity contribution in [1.82, 2.24) is 9.88 Å². The number of fused-ring (bicyclic) bond motifs is 1. The van der Waals surface area contributed by atoms with Crippen LogP contribution in [0.3, 0.4) is 0 Å². The Labute approximate surface area is 167 Å². The minimum Gasteiger partial charge on any atom is -0.328 e. The molecule has 0 saturated carbocycles. The molecular weight excluding hydrogens is 409 g/mol. The van der Waals surface area contributed by atoms with Crippen LogP contribution in [-0.4, -0.2) is 23.0 Å². The van der Waals surface area contributed by atoms with Gasteiger partial charge in [-0.05, 0) is 42.1 Å². The number of aromatic nitrogens is 1. The smallest absolute Gasteiger partial charge is 0.322 e. The predicted octanol–water partition coefficient (Wildman–Crippen LogP) is 5.11. The van der Waals surface area contributed by atoms with Crippen molar-refractivity contribution in [3.63, 3.8) is 0 Å². The Kier molecular flexibility index (Phi) is 5.77. The Balaban J connectivity index is 1.91. The van der Waals surface area contributed by atoms with Crippen molar-refractivity contribution in [3.05, 3.63) is 75.5 Å². The van der Waals surface area contributed by atoms with Gasteiger partial charge < -0.3 is 15.2 Å². The van der Waals surface area contributed by atoms with Gasteiger partial charge in [0.05, 0.1) is 17.0 Å². The van der Waals surface area contributed by atoms with Crippen LogP contribution in [0.5, 0.6) is 0 Å². The summed E-state index contributed by atoms with van der Waals surface area (Å²) in [5.41, 5.74) is -1.40. The van der Waals surface area contributed by atoms with E-state index in [4.69, 9.17) is 0 Å². The molecule has 0 bridgehead atoms. The highest BCUT2D eigenvalue weighted by Gasteiger charge is 2.23. The highest BCUT2D eigenvalue weighted by Crippen LogP contribution is 2.29. The van der Waals surface area contributed by atoms with Gasteiger partial charge in [0.1, 0.15) is 5.82 Å². The number of nitrogens with one attached hydrogen (secondary N) is 2. The summed E-state index contributed by atoms with van der Waals surface area (Å²) in [7, 11) is 1.38. The molecule has 0 radical (unpaired) electrons. The zero-order valence-corrected chi connectivity index (χ0v) is 15.8. The molecule has 2 aromatic carbocycles. The van der Waals surface area contributed by atoms with Crippen LogP contribution in [0.2, 0.25) is 0 Å². The lowest BCUT2D eigenvalue weighted by atomic mass is 10.0. The van der Waals surface area contributed by atoms with Gasteiger partial charge >= 0.3 is 6.03 Å². The highest BCUT2D eigenvalue weighted by atomic mass is 19.3. The molecule has 10 heteroatoms. The number of carbonyl (C=O) groups is 1. The van der Waals surface area contributed by atoms with Crippen LogP contribution < -0.4 is 10.9 Å². The predicted molar refractivity (Wildman–Crippen MR) is 101 cm³/mol. The van der Waals surface area contributed by atoms with Crippen molar-refractivity contribution < 1.29 is 26.7 Å². The SMILES string of the molecule is C[C@@H](c1c[nH]c(=O)c2c(F)c(F)ccc12)N(C)C(=O)Nc1ccc(F)c(C(F)F)c1. The zero-order valence-electron chi connectivity index (χ0n) is 15.8. The Morgan fingerprint density at radius 1 is 1.07 bits per heavy atom. The topological polar surface area (TPSA) is 65.2 Å². The fourth-order valence-corrected chi connectivity index (χ4v) is 3.04. The highest BCUT2D eigenvalue weighted by molar-refractivity contribution is 5.91. The number of aromatic amines is 1. The molecule has 3 aromatic rings. The van der Waals surface area contributed by atoms with Gasteiger partial charge in [-0.2, -0.15) is 0 Å². The van der Waals surface area contributed by atoms with E-state index in [1.54, 1.807) is 6.92 Å². The number of rotatable bonds is 4. The molecule has 5 nitrogen and oxygen atoms in total. The van der Waals surface area contributed by atoms with Crippen molar-refractivity contribution in [2.24, 2.45) is 0 Å². The van der Waals surface area contributed by atoms with Gasteiger partial charge in [-0.15, -0.1) is 0 Å². The van der Waals surface area contributed by atoms with Gasteiger partial charge in [-0.1, -0.05) is 6.07 Å². The Hall–Kier alpha value is -3.43. The maximum atomic E-state index is 14.1. The maximum absolute atomic E-state index is 14.1. The number of nitrogens with zero attached hydrogens (tertiary/aromatic N) is 1. The van der Waals surface area contributed by atoms with Crippen molar-refractivity contribution in [3.8, 4) is 0 Å². The molecule has 0 saturated heterocycles. The first-order chi connectivity index (χ1) is 14.1. The maximum Gasteiger partial charge on any atom is 0.322 e. The van der Waals surface area contributed by atoms with Gasteiger partial charge in [0, 0.05) is 18.9 Å². The van der Waals surface area contributed by atoms with E-state index < -0.39 is 52.5 Å². The molecule has 0 aliphatic carbocycles. The normalized spacial score (nSPS) is 12.3. The summed E-state index contributed by atoms with van der Waals surface area (Å²) in [5.74, 6) is -3.59. The van der Waals surface area contributed by atoms with Gasteiger partial charge in [0.2, 0.25) is 0 Å². The van der Waals surface area contributed by atoms with E-state index in [1.165, 1.54) is 24.2 Å². The van der Waals surface area contributed by atoms with Gasteiger partial charge in [0.15, 0.2) is 11.6 Å². The second-order valence-electron chi connectivity index (χ2n) is 6.61. The lowest BCUT2D eigenvalue weighted by Crippen LogP contribution is -2.34. The largest absolute Gasteiger partial charge is 0.328 e. The van der Waals surface area contributed by atoms with Crippen LogP contribution in [0.4, 0.5) is 32.4 Å². The van der Waals surface area contributed by atoms with Crippen molar-refractivity contribution >= 4 is 22.5 Å². The molecule has 158 valence electrons. The van der Waals surface area contributed by atoms with Gasteiger partial charge in [-0.3, -0.25) is 4.79 Å². The Morgan fingerprint density at radius 2 is 1.73 bits per heavy atom. The number of urea groups is 1. The molecule has 1 atom stereocenters. The second kappa shape index (κ2) is 8.13. The zero-order chi connectivity index (χ0) is 22.2. The van der Waals surface area contributed by atoms with Crippen molar-refractivity contribution in [2.45, 2.75) is 19.4 Å². The van der Waals surface area contributed by atoms with E-state index in [1.807, 2.05) is 0 Å². The summed E-state index contributed by atoms with van der Waals surface area (Å²) in [6, 6.07) is 3.41. The Bertz CT molecular complexity index is 1180. The molecule has 2 N–H and O–H groups in total. The number of benzene rings is 2. The molecule has 0 aliphatic heterocycles. The minimum atomic E-state index is -3.05. The van der Waals surface area contributed by atoms with E-state index in [2.05, 4.69) is 10.3 Å². The third-order valence-corrected chi connectivity index (χ3v) is 4.83. The summed E-state index contributed by atoms with van der Waals surface area (Å²) in [5, 5.41) is 2.01. The number of amides is 2. The van der Waals surface area contributed by atoms with E-state index >= 15 is 0 Å². The second-order valence-corrected chi connectivity index (χ2v) is 6.61. The molecule has 30 heavy (non-hydrogen) atoms. The first-order valence-corrected chi connectivity index (χ1v) is 8.72. The average Bonchev–Trinajstić information content (AvgIpc) is 2.70. The summed E-state index contributed by atoms with van der Waals surface area (Å²) in [6.07, 6.45) is -1.77. The summed E-state index contributed by atoms with van der Waals surface area (Å²) in [6.45, 7) is 1.57. The van der Waals surface area contributed by atoms with Crippen LogP contribution in [-0.2, 0) is 0 Å².